The number of ether oxygens (including phenoxy) is 1. The van der Waals surface area contributed by atoms with Crippen LogP contribution >= 0.6 is 0 Å². The number of hydrogen-bond donors (Lipinski definition) is 3. The molecule has 0 rings (SSSR count). The first-order chi connectivity index (χ1) is 7.63. The molecule has 0 aromatic carbocycles. The van der Waals surface area contributed by atoms with Crippen LogP contribution in [-0.2, 0) is 14.3 Å². The van der Waals surface area contributed by atoms with E-state index >= 15 is 0 Å². The van der Waals surface area contributed by atoms with Gasteiger partial charge in [-0.15, -0.1) is 0 Å². The van der Waals surface area contributed by atoms with Gasteiger partial charge in [-0.3, -0.25) is 4.79 Å². The highest BCUT2D eigenvalue weighted by Crippen LogP contribution is 1.99. The lowest BCUT2D eigenvalue weighted by atomic mass is 10.1. The molecule has 6 nitrogen and oxygen atoms in total. The van der Waals surface area contributed by atoms with Crippen LogP contribution in [0, 0.1) is 0 Å². The van der Waals surface area contributed by atoms with Gasteiger partial charge in [-0.1, -0.05) is 6.42 Å². The minimum absolute atomic E-state index is 0.139. The van der Waals surface area contributed by atoms with E-state index in [-0.39, 0.29) is 12.5 Å². The van der Waals surface area contributed by atoms with E-state index in [4.69, 9.17) is 10.5 Å². The minimum Gasteiger partial charge on any atom is -0.468 e. The summed E-state index contributed by atoms with van der Waals surface area (Å²) in [5.74, 6) is -0.320. The molecule has 96 valence electrons. The summed E-state index contributed by atoms with van der Waals surface area (Å²) >= 11 is 0. The molecule has 0 amide bonds. The highest BCUT2D eigenvalue weighted by atomic mass is 16.5. The highest BCUT2D eigenvalue weighted by Gasteiger charge is 2.11. The number of esters is 1. The molecule has 0 saturated carbocycles. The van der Waals surface area contributed by atoms with Crippen molar-refractivity contribution in [3.05, 3.63) is 0 Å². The Morgan fingerprint density at radius 3 is 2.44 bits per heavy atom. The third kappa shape index (κ3) is 13.0. The van der Waals surface area contributed by atoms with E-state index in [0.717, 1.165) is 19.4 Å². The Balaban J connectivity index is 0. The molecule has 1 unspecified atom stereocenters. The van der Waals surface area contributed by atoms with Gasteiger partial charge in [0.15, 0.2) is 0 Å². The van der Waals surface area contributed by atoms with Gasteiger partial charge in [0.05, 0.1) is 7.11 Å². The number of nitrogens with one attached hydrogen (secondary N) is 1. The molecule has 1 atom stereocenters. The molecule has 6 heteroatoms. The molecular formula is C10H23N3O3. The van der Waals surface area contributed by atoms with Crippen LogP contribution in [0.25, 0.3) is 0 Å². The third-order valence-electron chi connectivity index (χ3n) is 1.79. The molecule has 0 aliphatic heterocycles. The van der Waals surface area contributed by atoms with Crippen LogP contribution in [-0.4, -0.2) is 45.5 Å². The summed E-state index contributed by atoms with van der Waals surface area (Å²) in [6.45, 7) is 1.11. The predicted octanol–water partition coefficient (Wildman–Crippen LogP) is -0.980. The Morgan fingerprint density at radius 1 is 1.50 bits per heavy atom. The maximum absolute atomic E-state index is 10.8. The number of hydrogen-bond acceptors (Lipinski definition) is 6. The van der Waals surface area contributed by atoms with E-state index in [1.165, 1.54) is 7.11 Å². The second-order valence-electron chi connectivity index (χ2n) is 3.13. The van der Waals surface area contributed by atoms with Gasteiger partial charge in [-0.25, -0.2) is 0 Å². The van der Waals surface area contributed by atoms with E-state index in [1.54, 1.807) is 0 Å². The van der Waals surface area contributed by atoms with Gasteiger partial charge >= 0.3 is 5.97 Å². The van der Waals surface area contributed by atoms with Crippen molar-refractivity contribution in [2.24, 2.45) is 11.5 Å². The van der Waals surface area contributed by atoms with E-state index < -0.39 is 6.04 Å². The first kappa shape index (κ1) is 17.4. The quantitative estimate of drug-likeness (QED) is 0.296. The molecule has 0 fully saturated rings. The molecule has 5 N–H and O–H groups in total. The van der Waals surface area contributed by atoms with Crippen molar-refractivity contribution in [3.8, 4) is 0 Å². The molecule has 0 radical (unpaired) electrons. The Bertz CT molecular complexity index is 177. The first-order valence-electron chi connectivity index (χ1n) is 5.25. The number of nitrogens with two attached hydrogens (primary N) is 2. The molecule has 0 bridgehead atoms. The standard InChI is InChI=1S/C8H18N2O2.C2H5NO/c1-10-6-4-3-5-7(9)8(11)12-2;3-1-2-4/h7,10H,3-6,9H2,1-2H3;2H,1,3H2. The second kappa shape index (κ2) is 14.0. The lowest BCUT2D eigenvalue weighted by Gasteiger charge is -2.07. The van der Waals surface area contributed by atoms with Crippen molar-refractivity contribution < 1.29 is 14.3 Å². The largest absolute Gasteiger partial charge is 0.468 e. The van der Waals surface area contributed by atoms with Gasteiger partial charge in [0, 0.05) is 6.54 Å². The summed E-state index contributed by atoms with van der Waals surface area (Å²) in [6, 6.07) is -0.452. The van der Waals surface area contributed by atoms with E-state index in [0.29, 0.717) is 12.7 Å². The van der Waals surface area contributed by atoms with E-state index in [2.05, 4.69) is 15.8 Å². The number of unbranched alkanes of at least 4 members (excludes halogenated alkanes) is 1. The molecule has 16 heavy (non-hydrogen) atoms. The average molecular weight is 233 g/mol. The van der Waals surface area contributed by atoms with Gasteiger partial charge in [0.25, 0.3) is 0 Å². The van der Waals surface area contributed by atoms with Gasteiger partial charge in [-0.05, 0) is 26.4 Å². The zero-order valence-electron chi connectivity index (χ0n) is 10.1. The normalized spacial score (nSPS) is 11.0. The van der Waals surface area contributed by atoms with E-state index in [9.17, 15) is 4.79 Å². The van der Waals surface area contributed by atoms with Gasteiger partial charge < -0.3 is 26.3 Å². The van der Waals surface area contributed by atoms with Crippen LogP contribution in [0.4, 0.5) is 0 Å². The Kier molecular flexibility index (Phi) is 15.3. The summed E-state index contributed by atoms with van der Waals surface area (Å²) < 4.78 is 4.49. The Hall–Kier alpha value is -0.980. The molecule has 0 aromatic rings. The summed E-state index contributed by atoms with van der Waals surface area (Å²) in [6.07, 6.45) is 3.35. The summed E-state index contributed by atoms with van der Waals surface area (Å²) in [7, 11) is 3.26. The van der Waals surface area contributed by atoms with Gasteiger partial charge in [0.1, 0.15) is 12.3 Å². The zero-order chi connectivity index (χ0) is 12.8. The fourth-order valence-electron chi connectivity index (χ4n) is 0.935. The molecule has 0 heterocycles. The number of methoxy groups -OCH3 is 1. The van der Waals surface area contributed by atoms with Crippen molar-refractivity contribution in [2.45, 2.75) is 25.3 Å². The van der Waals surface area contributed by atoms with Crippen molar-refractivity contribution in [1.29, 1.82) is 0 Å². The van der Waals surface area contributed by atoms with Crippen LogP contribution in [0.5, 0.6) is 0 Å². The number of carbonyl (C=O) groups is 2. The number of rotatable bonds is 7. The summed E-state index contributed by atoms with van der Waals surface area (Å²) in [5, 5.41) is 3.03. The van der Waals surface area contributed by atoms with Crippen molar-refractivity contribution >= 4 is 12.3 Å². The molecule has 0 saturated heterocycles. The van der Waals surface area contributed by atoms with Crippen LogP contribution in [0.1, 0.15) is 19.3 Å². The van der Waals surface area contributed by atoms with Crippen molar-refractivity contribution in [3.63, 3.8) is 0 Å². The first-order valence-corrected chi connectivity index (χ1v) is 5.25. The molecular weight excluding hydrogens is 210 g/mol. The average Bonchev–Trinajstić information content (AvgIpc) is 2.33. The second-order valence-corrected chi connectivity index (χ2v) is 3.13. The Labute approximate surface area is 96.7 Å². The molecule has 0 spiro atoms. The number of carbonyl (C=O) groups excluding carboxylic acids is 2. The SMILES string of the molecule is CNCCCCC(N)C(=O)OC.NCC=O. The van der Waals surface area contributed by atoms with Crippen LogP contribution in [0.15, 0.2) is 0 Å². The fraction of sp³-hybridized carbons (Fsp3) is 0.800. The summed E-state index contributed by atoms with van der Waals surface area (Å²) in [4.78, 5) is 19.9. The molecule has 0 aliphatic rings. The summed E-state index contributed by atoms with van der Waals surface area (Å²) in [5.41, 5.74) is 10.2. The lowest BCUT2D eigenvalue weighted by molar-refractivity contribution is -0.142. The monoisotopic (exact) mass is 233 g/mol. The number of aldehydes is 1. The zero-order valence-corrected chi connectivity index (χ0v) is 10.1. The lowest BCUT2D eigenvalue weighted by Crippen LogP contribution is -2.31. The van der Waals surface area contributed by atoms with Crippen LogP contribution in [0.2, 0.25) is 0 Å². The fourth-order valence-corrected chi connectivity index (χ4v) is 0.935. The van der Waals surface area contributed by atoms with Crippen LogP contribution in [0.3, 0.4) is 0 Å². The van der Waals surface area contributed by atoms with Gasteiger partial charge in [0.2, 0.25) is 0 Å². The van der Waals surface area contributed by atoms with Gasteiger partial charge in [-0.2, -0.15) is 0 Å². The maximum Gasteiger partial charge on any atom is 0.322 e. The topological polar surface area (TPSA) is 107 Å². The van der Waals surface area contributed by atoms with Crippen molar-refractivity contribution in [1.82, 2.24) is 5.32 Å². The van der Waals surface area contributed by atoms with Crippen LogP contribution < -0.4 is 16.8 Å². The minimum atomic E-state index is -0.452. The predicted molar refractivity (Wildman–Crippen MR) is 62.9 cm³/mol. The van der Waals surface area contributed by atoms with Crippen molar-refractivity contribution in [2.75, 3.05) is 27.2 Å². The highest BCUT2D eigenvalue weighted by molar-refractivity contribution is 5.75. The molecule has 0 aliphatic carbocycles. The Morgan fingerprint density at radius 2 is 2.06 bits per heavy atom. The third-order valence-corrected chi connectivity index (χ3v) is 1.79. The smallest absolute Gasteiger partial charge is 0.322 e. The molecule has 0 aromatic heterocycles. The van der Waals surface area contributed by atoms with E-state index in [1.807, 2.05) is 7.05 Å². The maximum atomic E-state index is 10.8.